The van der Waals surface area contributed by atoms with Crippen LogP contribution in [0.15, 0.2) is 23.0 Å². The zero-order valence-corrected chi connectivity index (χ0v) is 7.53. The number of aromatic nitrogens is 2. The van der Waals surface area contributed by atoms with Gasteiger partial charge in [0.2, 0.25) is 0 Å². The summed E-state index contributed by atoms with van der Waals surface area (Å²) < 4.78 is 14.2. The summed E-state index contributed by atoms with van der Waals surface area (Å²) >= 11 is 0. The Balaban J connectivity index is 2.74. The summed E-state index contributed by atoms with van der Waals surface area (Å²) in [5.41, 5.74) is -0.344. The highest BCUT2D eigenvalue weighted by molar-refractivity contribution is 5.78. The second-order valence-corrected chi connectivity index (χ2v) is 3.04. The van der Waals surface area contributed by atoms with Crippen LogP contribution in [0, 0.1) is 5.82 Å². The first kappa shape index (κ1) is 9.45. The largest absolute Gasteiger partial charge is 0.480 e. The van der Waals surface area contributed by atoms with Crippen molar-refractivity contribution in [3.05, 3.63) is 34.5 Å². The van der Waals surface area contributed by atoms with Crippen molar-refractivity contribution in [3.63, 3.8) is 0 Å². The van der Waals surface area contributed by atoms with Gasteiger partial charge in [-0.15, -0.1) is 0 Å². The second-order valence-electron chi connectivity index (χ2n) is 3.04. The van der Waals surface area contributed by atoms with Gasteiger partial charge in [-0.05, 0) is 12.1 Å². The lowest BCUT2D eigenvalue weighted by Gasteiger charge is -1.97. The first-order valence-corrected chi connectivity index (χ1v) is 4.18. The highest BCUT2D eigenvalue weighted by atomic mass is 19.1. The van der Waals surface area contributed by atoms with Crippen molar-refractivity contribution in [2.75, 3.05) is 0 Å². The number of carbonyl (C=O) groups is 1. The van der Waals surface area contributed by atoms with E-state index >= 15 is 0 Å². The maximum Gasteiger partial charge on any atom is 0.327 e. The van der Waals surface area contributed by atoms with Crippen molar-refractivity contribution in [1.29, 1.82) is 0 Å². The molecule has 1 aromatic heterocycles. The standard InChI is InChI=1S/C9H7FN2O3/c10-5-2-1-3-6-8(5)11-9(15)12(6)4-7(13)14/h1-3H,4H2,(H,11,15)(H,13,14). The summed E-state index contributed by atoms with van der Waals surface area (Å²) in [6.07, 6.45) is 0. The SMILES string of the molecule is O=C(O)Cn1c(=O)[nH]c2c(F)cccc21. The zero-order chi connectivity index (χ0) is 11.0. The third kappa shape index (κ3) is 1.50. The monoisotopic (exact) mass is 210 g/mol. The van der Waals surface area contributed by atoms with E-state index in [-0.39, 0.29) is 11.0 Å². The van der Waals surface area contributed by atoms with Crippen LogP contribution in [0.25, 0.3) is 11.0 Å². The van der Waals surface area contributed by atoms with Gasteiger partial charge in [0.1, 0.15) is 17.9 Å². The fourth-order valence-corrected chi connectivity index (χ4v) is 1.44. The lowest BCUT2D eigenvalue weighted by molar-refractivity contribution is -0.137. The molecular weight excluding hydrogens is 203 g/mol. The number of carboxylic acid groups (broad SMARTS) is 1. The van der Waals surface area contributed by atoms with E-state index in [4.69, 9.17) is 5.11 Å². The number of hydrogen-bond donors (Lipinski definition) is 2. The van der Waals surface area contributed by atoms with Crippen molar-refractivity contribution in [2.45, 2.75) is 6.54 Å². The Morgan fingerprint density at radius 1 is 1.53 bits per heavy atom. The van der Waals surface area contributed by atoms with Gasteiger partial charge < -0.3 is 10.1 Å². The average Bonchev–Trinajstić information content (AvgIpc) is 2.45. The Bertz CT molecular complexity index is 585. The van der Waals surface area contributed by atoms with Gasteiger partial charge in [0.25, 0.3) is 0 Å². The van der Waals surface area contributed by atoms with Gasteiger partial charge in [-0.25, -0.2) is 9.18 Å². The van der Waals surface area contributed by atoms with Gasteiger partial charge in [0.05, 0.1) is 5.52 Å². The first-order chi connectivity index (χ1) is 7.09. The quantitative estimate of drug-likeness (QED) is 0.760. The molecule has 0 saturated carbocycles. The lowest BCUT2D eigenvalue weighted by atomic mass is 10.3. The van der Waals surface area contributed by atoms with Gasteiger partial charge in [0, 0.05) is 0 Å². The van der Waals surface area contributed by atoms with E-state index < -0.39 is 24.0 Å². The minimum absolute atomic E-state index is 0.0313. The number of aromatic amines is 1. The van der Waals surface area contributed by atoms with E-state index in [9.17, 15) is 14.0 Å². The molecule has 0 aliphatic carbocycles. The van der Waals surface area contributed by atoms with Crippen molar-refractivity contribution in [3.8, 4) is 0 Å². The van der Waals surface area contributed by atoms with E-state index in [1.54, 1.807) is 0 Å². The molecule has 0 aliphatic rings. The minimum Gasteiger partial charge on any atom is -0.480 e. The van der Waals surface area contributed by atoms with Crippen molar-refractivity contribution in [2.24, 2.45) is 0 Å². The molecule has 6 heteroatoms. The number of imidazole rings is 1. The molecule has 0 atom stereocenters. The summed E-state index contributed by atoms with van der Waals surface area (Å²) in [5.74, 6) is -1.73. The number of fused-ring (bicyclic) bond motifs is 1. The lowest BCUT2D eigenvalue weighted by Crippen LogP contribution is -2.21. The Hall–Kier alpha value is -2.11. The maximum atomic E-state index is 13.2. The van der Waals surface area contributed by atoms with Gasteiger partial charge in [-0.1, -0.05) is 6.07 Å². The number of halogens is 1. The first-order valence-electron chi connectivity index (χ1n) is 4.18. The molecule has 0 amide bonds. The van der Waals surface area contributed by atoms with Gasteiger partial charge in [0.15, 0.2) is 0 Å². The normalized spacial score (nSPS) is 10.7. The minimum atomic E-state index is -1.15. The van der Waals surface area contributed by atoms with E-state index in [0.717, 1.165) is 4.57 Å². The van der Waals surface area contributed by atoms with E-state index in [0.29, 0.717) is 0 Å². The number of carboxylic acids is 1. The fraction of sp³-hybridized carbons (Fsp3) is 0.111. The highest BCUT2D eigenvalue weighted by Crippen LogP contribution is 2.13. The number of benzene rings is 1. The second kappa shape index (κ2) is 3.23. The van der Waals surface area contributed by atoms with Crippen molar-refractivity contribution in [1.82, 2.24) is 9.55 Å². The van der Waals surface area contributed by atoms with Gasteiger partial charge in [-0.3, -0.25) is 9.36 Å². The van der Waals surface area contributed by atoms with Gasteiger partial charge in [-0.2, -0.15) is 0 Å². The Kier molecular flexibility index (Phi) is 2.03. The van der Waals surface area contributed by atoms with E-state index in [1.807, 2.05) is 0 Å². The maximum absolute atomic E-state index is 13.2. The van der Waals surface area contributed by atoms with Crippen LogP contribution in [0.5, 0.6) is 0 Å². The third-order valence-electron chi connectivity index (χ3n) is 2.05. The summed E-state index contributed by atoms with van der Waals surface area (Å²) in [6, 6.07) is 4.10. The zero-order valence-electron chi connectivity index (χ0n) is 7.53. The van der Waals surface area contributed by atoms with Crippen LogP contribution in [0.2, 0.25) is 0 Å². The van der Waals surface area contributed by atoms with Crippen LogP contribution in [-0.4, -0.2) is 20.6 Å². The van der Waals surface area contributed by atoms with Crippen LogP contribution in [0.4, 0.5) is 4.39 Å². The Morgan fingerprint density at radius 2 is 2.27 bits per heavy atom. The third-order valence-corrected chi connectivity index (χ3v) is 2.05. The molecule has 1 heterocycles. The molecule has 78 valence electrons. The highest BCUT2D eigenvalue weighted by Gasteiger charge is 2.11. The summed E-state index contributed by atoms with van der Waals surface area (Å²) in [4.78, 5) is 24.1. The van der Waals surface area contributed by atoms with Crippen LogP contribution >= 0.6 is 0 Å². The number of rotatable bonds is 2. The van der Waals surface area contributed by atoms with Gasteiger partial charge >= 0.3 is 11.7 Å². The fourth-order valence-electron chi connectivity index (χ4n) is 1.44. The molecule has 5 nitrogen and oxygen atoms in total. The smallest absolute Gasteiger partial charge is 0.327 e. The number of H-pyrrole nitrogens is 1. The number of hydrogen-bond acceptors (Lipinski definition) is 2. The number of aliphatic carboxylic acids is 1. The van der Waals surface area contributed by atoms with Crippen LogP contribution in [0.1, 0.15) is 0 Å². The molecule has 0 bridgehead atoms. The average molecular weight is 210 g/mol. The van der Waals surface area contributed by atoms with E-state index in [2.05, 4.69) is 4.98 Å². The molecule has 2 N–H and O–H groups in total. The summed E-state index contributed by atoms with van der Waals surface area (Å²) in [5, 5.41) is 8.57. The topological polar surface area (TPSA) is 75.1 Å². The molecule has 0 radical (unpaired) electrons. The summed E-state index contributed by atoms with van der Waals surface area (Å²) in [6.45, 7) is -0.484. The number of nitrogens with one attached hydrogen (secondary N) is 1. The number of para-hydroxylation sites is 1. The van der Waals surface area contributed by atoms with Crippen molar-refractivity contribution >= 4 is 17.0 Å². The molecule has 2 aromatic rings. The van der Waals surface area contributed by atoms with Crippen LogP contribution in [0.3, 0.4) is 0 Å². The molecule has 0 fully saturated rings. The van der Waals surface area contributed by atoms with Crippen LogP contribution in [-0.2, 0) is 11.3 Å². The molecule has 0 spiro atoms. The Labute approximate surface area is 82.8 Å². The Morgan fingerprint density at radius 3 is 2.93 bits per heavy atom. The van der Waals surface area contributed by atoms with Crippen molar-refractivity contribution < 1.29 is 14.3 Å². The molecule has 2 rings (SSSR count). The predicted octanol–water partition coefficient (Wildman–Crippen LogP) is 0.553. The molecule has 0 unspecified atom stereocenters. The van der Waals surface area contributed by atoms with E-state index in [1.165, 1.54) is 18.2 Å². The summed E-state index contributed by atoms with van der Waals surface area (Å²) in [7, 11) is 0. The molecule has 15 heavy (non-hydrogen) atoms. The molecule has 0 saturated heterocycles. The number of nitrogens with zero attached hydrogens (tertiary/aromatic N) is 1. The predicted molar refractivity (Wildman–Crippen MR) is 50.2 cm³/mol. The van der Waals surface area contributed by atoms with Crippen LogP contribution < -0.4 is 5.69 Å². The molecule has 0 aliphatic heterocycles. The molecular formula is C9H7FN2O3. The molecule has 1 aromatic carbocycles.